The maximum absolute atomic E-state index is 3.43. The summed E-state index contributed by atoms with van der Waals surface area (Å²) in [5.41, 5.74) is 1.36. The van der Waals surface area contributed by atoms with Gasteiger partial charge in [-0.1, -0.05) is 37.3 Å². The van der Waals surface area contributed by atoms with E-state index in [1.54, 1.807) is 0 Å². The number of fused-ring (bicyclic) bond motifs is 1. The van der Waals surface area contributed by atoms with E-state index in [-0.39, 0.29) is 0 Å². The van der Waals surface area contributed by atoms with E-state index in [1.807, 2.05) is 0 Å². The standard InChI is InChI=1S/C17H22N2/c1-13-12-19(10-9-17(13)18-2)16-8-7-14-5-3-4-6-15(14)11-16/h3-8,11,13,17-18H,9-10,12H2,1-2H3. The molecule has 3 rings (SSSR count). The third kappa shape index (κ3) is 2.45. The molecule has 1 fully saturated rings. The van der Waals surface area contributed by atoms with E-state index in [4.69, 9.17) is 0 Å². The molecule has 1 N–H and O–H groups in total. The van der Waals surface area contributed by atoms with Crippen molar-refractivity contribution in [3.05, 3.63) is 42.5 Å². The van der Waals surface area contributed by atoms with Crippen molar-refractivity contribution in [2.75, 3.05) is 25.0 Å². The lowest BCUT2D eigenvalue weighted by atomic mass is 9.93. The Hall–Kier alpha value is -1.54. The summed E-state index contributed by atoms with van der Waals surface area (Å²) in [4.78, 5) is 2.52. The Balaban J connectivity index is 1.84. The number of hydrogen-bond donors (Lipinski definition) is 1. The summed E-state index contributed by atoms with van der Waals surface area (Å²) in [6, 6.07) is 16.1. The van der Waals surface area contributed by atoms with Crippen LogP contribution in [0.1, 0.15) is 13.3 Å². The number of benzene rings is 2. The van der Waals surface area contributed by atoms with E-state index in [0.717, 1.165) is 13.1 Å². The number of rotatable bonds is 2. The number of nitrogens with one attached hydrogen (secondary N) is 1. The maximum atomic E-state index is 3.43. The SMILES string of the molecule is CNC1CCN(c2ccc3ccccc3c2)CC1C. The highest BCUT2D eigenvalue weighted by atomic mass is 15.2. The monoisotopic (exact) mass is 254 g/mol. The normalized spacial score (nSPS) is 23.8. The van der Waals surface area contributed by atoms with Crippen molar-refractivity contribution in [3.63, 3.8) is 0 Å². The van der Waals surface area contributed by atoms with Gasteiger partial charge in [-0.2, -0.15) is 0 Å². The Morgan fingerprint density at radius 2 is 1.89 bits per heavy atom. The van der Waals surface area contributed by atoms with Gasteiger partial charge in [-0.05, 0) is 42.3 Å². The minimum atomic E-state index is 0.664. The van der Waals surface area contributed by atoms with Gasteiger partial charge in [0.05, 0.1) is 0 Å². The van der Waals surface area contributed by atoms with Crippen LogP contribution in [0.25, 0.3) is 10.8 Å². The van der Waals surface area contributed by atoms with Gasteiger partial charge in [0, 0.05) is 24.8 Å². The van der Waals surface area contributed by atoms with Crippen LogP contribution in [0.3, 0.4) is 0 Å². The maximum Gasteiger partial charge on any atom is 0.0372 e. The summed E-state index contributed by atoms with van der Waals surface area (Å²) < 4.78 is 0. The lowest BCUT2D eigenvalue weighted by molar-refractivity contribution is 0.339. The van der Waals surface area contributed by atoms with Gasteiger partial charge in [-0.25, -0.2) is 0 Å². The summed E-state index contributed by atoms with van der Waals surface area (Å²) >= 11 is 0. The molecule has 2 unspecified atom stereocenters. The molecule has 2 aromatic rings. The fourth-order valence-electron chi connectivity index (χ4n) is 3.18. The minimum absolute atomic E-state index is 0.664. The molecular weight excluding hydrogens is 232 g/mol. The van der Waals surface area contributed by atoms with E-state index >= 15 is 0 Å². The first-order chi connectivity index (χ1) is 9.28. The molecule has 2 atom stereocenters. The van der Waals surface area contributed by atoms with Gasteiger partial charge in [0.25, 0.3) is 0 Å². The summed E-state index contributed by atoms with van der Waals surface area (Å²) in [7, 11) is 2.08. The molecule has 0 spiro atoms. The van der Waals surface area contributed by atoms with Gasteiger partial charge in [-0.3, -0.25) is 0 Å². The van der Waals surface area contributed by atoms with Crippen molar-refractivity contribution in [1.29, 1.82) is 0 Å². The molecule has 0 radical (unpaired) electrons. The second-order valence-electron chi connectivity index (χ2n) is 5.64. The number of piperidine rings is 1. The molecule has 100 valence electrons. The van der Waals surface area contributed by atoms with Gasteiger partial charge in [0.1, 0.15) is 0 Å². The van der Waals surface area contributed by atoms with Crippen molar-refractivity contribution in [2.45, 2.75) is 19.4 Å². The highest BCUT2D eigenvalue weighted by Crippen LogP contribution is 2.26. The Morgan fingerprint density at radius 1 is 1.11 bits per heavy atom. The highest BCUT2D eigenvalue weighted by molar-refractivity contribution is 5.85. The molecule has 2 aromatic carbocycles. The molecule has 1 heterocycles. The van der Waals surface area contributed by atoms with Crippen molar-refractivity contribution in [2.24, 2.45) is 5.92 Å². The summed E-state index contributed by atoms with van der Waals surface area (Å²) in [6.45, 7) is 4.63. The molecule has 2 nitrogen and oxygen atoms in total. The summed E-state index contributed by atoms with van der Waals surface area (Å²) in [5.74, 6) is 0.699. The van der Waals surface area contributed by atoms with Gasteiger partial charge in [-0.15, -0.1) is 0 Å². The van der Waals surface area contributed by atoms with Crippen molar-refractivity contribution < 1.29 is 0 Å². The van der Waals surface area contributed by atoms with Gasteiger partial charge >= 0.3 is 0 Å². The van der Waals surface area contributed by atoms with Crippen LogP contribution in [0.15, 0.2) is 42.5 Å². The largest absolute Gasteiger partial charge is 0.371 e. The zero-order valence-corrected chi connectivity index (χ0v) is 11.8. The molecule has 0 bridgehead atoms. The van der Waals surface area contributed by atoms with E-state index in [0.29, 0.717) is 12.0 Å². The summed E-state index contributed by atoms with van der Waals surface area (Å²) in [6.07, 6.45) is 1.23. The van der Waals surface area contributed by atoms with E-state index in [9.17, 15) is 0 Å². The van der Waals surface area contributed by atoms with Crippen molar-refractivity contribution >= 4 is 16.5 Å². The fraction of sp³-hybridized carbons (Fsp3) is 0.412. The van der Waals surface area contributed by atoms with Gasteiger partial charge in [0.2, 0.25) is 0 Å². The van der Waals surface area contributed by atoms with Crippen LogP contribution < -0.4 is 10.2 Å². The molecule has 2 heteroatoms. The van der Waals surface area contributed by atoms with Gasteiger partial charge in [0.15, 0.2) is 0 Å². The quantitative estimate of drug-likeness (QED) is 0.885. The first-order valence-electron chi connectivity index (χ1n) is 7.19. The van der Waals surface area contributed by atoms with Crippen molar-refractivity contribution in [1.82, 2.24) is 5.32 Å². The van der Waals surface area contributed by atoms with E-state index in [2.05, 4.69) is 66.7 Å². The topological polar surface area (TPSA) is 15.3 Å². The molecule has 0 amide bonds. The molecule has 0 saturated carbocycles. The van der Waals surface area contributed by atoms with Crippen molar-refractivity contribution in [3.8, 4) is 0 Å². The van der Waals surface area contributed by atoms with Gasteiger partial charge < -0.3 is 10.2 Å². The smallest absolute Gasteiger partial charge is 0.0372 e. The van der Waals surface area contributed by atoms with Crippen LogP contribution in [0.2, 0.25) is 0 Å². The average molecular weight is 254 g/mol. The predicted molar refractivity (Wildman–Crippen MR) is 82.8 cm³/mol. The minimum Gasteiger partial charge on any atom is -0.371 e. The second kappa shape index (κ2) is 5.22. The van der Waals surface area contributed by atoms with Crippen LogP contribution in [0.4, 0.5) is 5.69 Å². The lowest BCUT2D eigenvalue weighted by Crippen LogP contribution is -2.47. The molecular formula is C17H22N2. The lowest BCUT2D eigenvalue weighted by Gasteiger charge is -2.38. The Kier molecular flexibility index (Phi) is 3.43. The summed E-state index contributed by atoms with van der Waals surface area (Å²) in [5, 5.41) is 6.09. The Bertz CT molecular complexity index is 564. The Morgan fingerprint density at radius 3 is 2.63 bits per heavy atom. The number of hydrogen-bond acceptors (Lipinski definition) is 2. The molecule has 1 aliphatic rings. The fourth-order valence-corrected chi connectivity index (χ4v) is 3.18. The average Bonchev–Trinajstić information content (AvgIpc) is 2.46. The van der Waals surface area contributed by atoms with E-state index < -0.39 is 0 Å². The van der Waals surface area contributed by atoms with E-state index in [1.165, 1.54) is 22.9 Å². The first-order valence-corrected chi connectivity index (χ1v) is 7.19. The van der Waals surface area contributed by atoms with Crippen LogP contribution in [0, 0.1) is 5.92 Å². The third-order valence-electron chi connectivity index (χ3n) is 4.37. The zero-order chi connectivity index (χ0) is 13.2. The van der Waals surface area contributed by atoms with Crippen LogP contribution in [0.5, 0.6) is 0 Å². The zero-order valence-electron chi connectivity index (χ0n) is 11.8. The Labute approximate surface area is 115 Å². The highest BCUT2D eigenvalue weighted by Gasteiger charge is 2.24. The molecule has 1 saturated heterocycles. The second-order valence-corrected chi connectivity index (χ2v) is 5.64. The first kappa shape index (κ1) is 12.5. The molecule has 0 aromatic heterocycles. The molecule has 0 aliphatic carbocycles. The third-order valence-corrected chi connectivity index (χ3v) is 4.37. The number of nitrogens with zero attached hydrogens (tertiary/aromatic N) is 1. The molecule has 19 heavy (non-hydrogen) atoms. The molecule has 1 aliphatic heterocycles. The predicted octanol–water partition coefficient (Wildman–Crippen LogP) is 3.27. The van der Waals surface area contributed by atoms with Crippen LogP contribution >= 0.6 is 0 Å². The van der Waals surface area contributed by atoms with Crippen LogP contribution in [-0.4, -0.2) is 26.2 Å². The van der Waals surface area contributed by atoms with Crippen LogP contribution in [-0.2, 0) is 0 Å². The number of anilines is 1.